The first kappa shape index (κ1) is 23.2. The smallest absolute Gasteiger partial charge is 0.250 e. The van der Waals surface area contributed by atoms with Crippen molar-refractivity contribution in [2.45, 2.75) is 19.0 Å². The van der Waals surface area contributed by atoms with Crippen molar-refractivity contribution < 1.29 is 9.53 Å². The van der Waals surface area contributed by atoms with Gasteiger partial charge in [0, 0.05) is 29.2 Å². The minimum atomic E-state index is -0.240. The number of pyridine rings is 1. The highest BCUT2D eigenvalue weighted by Gasteiger charge is 2.17. The largest absolute Gasteiger partial charge is 0.494 e. The van der Waals surface area contributed by atoms with Crippen LogP contribution < -0.4 is 10.2 Å². The van der Waals surface area contributed by atoms with Crippen LogP contribution in [0.5, 0.6) is 5.75 Å². The van der Waals surface area contributed by atoms with E-state index in [0.29, 0.717) is 23.3 Å². The van der Waals surface area contributed by atoms with Gasteiger partial charge in [-0.1, -0.05) is 48.2 Å². The average Bonchev–Trinajstić information content (AvgIpc) is 3.31. The lowest BCUT2D eigenvalue weighted by molar-refractivity contribution is -0.118. The van der Waals surface area contributed by atoms with Gasteiger partial charge in [-0.3, -0.25) is 14.3 Å². The summed E-state index contributed by atoms with van der Waals surface area (Å²) in [4.78, 5) is 16.5. The second-order valence-corrected chi connectivity index (χ2v) is 8.14. The SMILES string of the molecule is CCOc1ccc(-n2c(SCC(=O)N/N=C(/C)c3cccnc3)nnc2-c2ccccc2)cc1. The predicted molar refractivity (Wildman–Crippen MR) is 133 cm³/mol. The van der Waals surface area contributed by atoms with Crippen LogP contribution >= 0.6 is 11.8 Å². The molecule has 0 radical (unpaired) electrons. The Hall–Kier alpha value is -3.98. The summed E-state index contributed by atoms with van der Waals surface area (Å²) in [6.07, 6.45) is 3.39. The molecule has 8 nitrogen and oxygen atoms in total. The number of benzene rings is 2. The maximum atomic E-state index is 12.5. The highest BCUT2D eigenvalue weighted by atomic mass is 32.2. The molecule has 2 aromatic carbocycles. The van der Waals surface area contributed by atoms with E-state index in [0.717, 1.165) is 22.6 Å². The Bertz CT molecular complexity index is 1260. The fourth-order valence-corrected chi connectivity index (χ4v) is 3.92. The van der Waals surface area contributed by atoms with E-state index >= 15 is 0 Å². The summed E-state index contributed by atoms with van der Waals surface area (Å²) in [5.41, 5.74) is 5.92. The van der Waals surface area contributed by atoms with Crippen molar-refractivity contribution in [2.24, 2.45) is 5.10 Å². The van der Waals surface area contributed by atoms with Gasteiger partial charge in [-0.25, -0.2) is 5.43 Å². The summed E-state index contributed by atoms with van der Waals surface area (Å²) in [6.45, 7) is 4.36. The summed E-state index contributed by atoms with van der Waals surface area (Å²) >= 11 is 1.29. The maximum Gasteiger partial charge on any atom is 0.250 e. The lowest BCUT2D eigenvalue weighted by Gasteiger charge is -2.11. The maximum absolute atomic E-state index is 12.5. The summed E-state index contributed by atoms with van der Waals surface area (Å²) in [7, 11) is 0. The number of thioether (sulfide) groups is 1. The first-order chi connectivity index (χ1) is 16.7. The molecule has 0 saturated heterocycles. The predicted octanol–water partition coefficient (Wildman–Crippen LogP) is 4.36. The highest BCUT2D eigenvalue weighted by molar-refractivity contribution is 7.99. The third-order valence-electron chi connectivity index (χ3n) is 4.83. The van der Waals surface area contributed by atoms with E-state index in [1.54, 1.807) is 12.4 Å². The number of hydrazone groups is 1. The molecule has 2 aromatic heterocycles. The molecule has 9 heteroatoms. The molecule has 2 heterocycles. The molecule has 0 aliphatic rings. The van der Waals surface area contributed by atoms with Crippen molar-refractivity contribution in [3.8, 4) is 22.8 Å². The second kappa shape index (κ2) is 11.2. The lowest BCUT2D eigenvalue weighted by atomic mass is 10.2. The second-order valence-electron chi connectivity index (χ2n) is 7.20. The third kappa shape index (κ3) is 5.68. The number of aromatic nitrogens is 4. The number of rotatable bonds is 9. The van der Waals surface area contributed by atoms with Gasteiger partial charge in [-0.05, 0) is 44.2 Å². The van der Waals surface area contributed by atoms with E-state index in [1.807, 2.05) is 85.1 Å². The number of nitrogens with zero attached hydrogens (tertiary/aromatic N) is 5. The molecule has 34 heavy (non-hydrogen) atoms. The molecule has 0 aliphatic carbocycles. The van der Waals surface area contributed by atoms with Crippen molar-refractivity contribution in [1.29, 1.82) is 0 Å². The fraction of sp³-hybridized carbons (Fsp3) is 0.160. The molecule has 0 saturated carbocycles. The van der Waals surface area contributed by atoms with E-state index in [4.69, 9.17) is 4.74 Å². The van der Waals surface area contributed by atoms with Crippen LogP contribution in [-0.2, 0) is 4.79 Å². The van der Waals surface area contributed by atoms with E-state index < -0.39 is 0 Å². The Labute approximate surface area is 202 Å². The van der Waals surface area contributed by atoms with Gasteiger partial charge in [0.2, 0.25) is 0 Å². The van der Waals surface area contributed by atoms with E-state index in [9.17, 15) is 4.79 Å². The Morgan fingerprint density at radius 1 is 1.06 bits per heavy atom. The Kier molecular flexibility index (Phi) is 7.67. The van der Waals surface area contributed by atoms with Crippen molar-refractivity contribution in [3.63, 3.8) is 0 Å². The third-order valence-corrected chi connectivity index (χ3v) is 5.76. The van der Waals surface area contributed by atoms with Crippen LogP contribution in [0.4, 0.5) is 0 Å². The van der Waals surface area contributed by atoms with Crippen molar-refractivity contribution in [3.05, 3.63) is 84.7 Å². The molecule has 0 fully saturated rings. The molecule has 1 amide bonds. The number of amides is 1. The van der Waals surface area contributed by atoms with Crippen molar-refractivity contribution in [2.75, 3.05) is 12.4 Å². The topological polar surface area (TPSA) is 94.3 Å². The zero-order valence-electron chi connectivity index (χ0n) is 18.9. The van der Waals surface area contributed by atoms with E-state index in [-0.39, 0.29) is 11.7 Å². The first-order valence-corrected chi connectivity index (χ1v) is 11.7. The van der Waals surface area contributed by atoms with Crippen LogP contribution in [-0.4, -0.2) is 43.7 Å². The van der Waals surface area contributed by atoms with Crippen LogP contribution in [0, 0.1) is 0 Å². The molecule has 0 atom stereocenters. The van der Waals surface area contributed by atoms with Crippen LogP contribution in [0.3, 0.4) is 0 Å². The molecular weight excluding hydrogens is 448 g/mol. The molecular formula is C25H24N6O2S. The van der Waals surface area contributed by atoms with Gasteiger partial charge in [0.15, 0.2) is 11.0 Å². The van der Waals surface area contributed by atoms with Crippen LogP contribution in [0.1, 0.15) is 19.4 Å². The normalized spacial score (nSPS) is 11.3. The standard InChI is InChI=1S/C25H24N6O2S/c1-3-33-22-13-11-21(12-14-22)31-24(19-8-5-4-6-9-19)29-30-25(31)34-17-23(32)28-27-18(2)20-10-7-15-26-16-20/h4-16H,3,17H2,1-2H3,(H,28,32)/b27-18-. The zero-order chi connectivity index (χ0) is 23.8. The molecule has 0 spiro atoms. The minimum absolute atomic E-state index is 0.133. The fourth-order valence-electron chi connectivity index (χ4n) is 3.18. The molecule has 1 N–H and O–H groups in total. The molecule has 0 bridgehead atoms. The van der Waals surface area contributed by atoms with E-state index in [1.165, 1.54) is 11.8 Å². The molecule has 0 unspecified atom stereocenters. The first-order valence-electron chi connectivity index (χ1n) is 10.8. The van der Waals surface area contributed by atoms with Gasteiger partial charge in [0.1, 0.15) is 5.75 Å². The molecule has 0 aliphatic heterocycles. The number of hydrogen-bond donors (Lipinski definition) is 1. The van der Waals surface area contributed by atoms with Crippen LogP contribution in [0.2, 0.25) is 0 Å². The number of carbonyl (C=O) groups is 1. The highest BCUT2D eigenvalue weighted by Crippen LogP contribution is 2.28. The number of nitrogens with one attached hydrogen (secondary N) is 1. The zero-order valence-corrected chi connectivity index (χ0v) is 19.7. The van der Waals surface area contributed by atoms with Crippen molar-refractivity contribution in [1.82, 2.24) is 25.2 Å². The van der Waals surface area contributed by atoms with Gasteiger partial charge < -0.3 is 4.74 Å². The summed E-state index contributed by atoms with van der Waals surface area (Å²) < 4.78 is 7.50. The average molecular weight is 473 g/mol. The Balaban J connectivity index is 1.53. The molecule has 4 aromatic rings. The van der Waals surface area contributed by atoms with Crippen molar-refractivity contribution >= 4 is 23.4 Å². The number of hydrogen-bond acceptors (Lipinski definition) is 7. The lowest BCUT2D eigenvalue weighted by Crippen LogP contribution is -2.21. The van der Waals surface area contributed by atoms with Crippen LogP contribution in [0.15, 0.2) is 89.4 Å². The Morgan fingerprint density at radius 2 is 1.85 bits per heavy atom. The summed E-state index contributed by atoms with van der Waals surface area (Å²) in [6, 6.07) is 21.2. The quantitative estimate of drug-likeness (QED) is 0.221. The van der Waals surface area contributed by atoms with Gasteiger partial charge in [-0.15, -0.1) is 10.2 Å². The number of carbonyl (C=O) groups excluding carboxylic acids is 1. The van der Waals surface area contributed by atoms with E-state index in [2.05, 4.69) is 25.7 Å². The Morgan fingerprint density at radius 3 is 2.56 bits per heavy atom. The van der Waals surface area contributed by atoms with Crippen LogP contribution in [0.25, 0.3) is 17.1 Å². The number of ether oxygens (including phenoxy) is 1. The molecule has 172 valence electrons. The van der Waals surface area contributed by atoms with Gasteiger partial charge in [0.05, 0.1) is 18.1 Å². The summed E-state index contributed by atoms with van der Waals surface area (Å²) in [5.74, 6) is 1.37. The summed E-state index contributed by atoms with van der Waals surface area (Å²) in [5, 5.41) is 13.5. The monoisotopic (exact) mass is 472 g/mol. The van der Waals surface area contributed by atoms with Gasteiger partial charge in [-0.2, -0.15) is 5.10 Å². The minimum Gasteiger partial charge on any atom is -0.494 e. The van der Waals surface area contributed by atoms with Gasteiger partial charge >= 0.3 is 0 Å². The molecule has 4 rings (SSSR count). The van der Waals surface area contributed by atoms with Gasteiger partial charge in [0.25, 0.3) is 5.91 Å².